The zero-order valence-electron chi connectivity index (χ0n) is 16.3. The van der Waals surface area contributed by atoms with Crippen LogP contribution in [0.5, 0.6) is 0 Å². The lowest BCUT2D eigenvalue weighted by molar-refractivity contribution is -0.141. The van der Waals surface area contributed by atoms with Crippen molar-refractivity contribution < 1.29 is 14.3 Å². The van der Waals surface area contributed by atoms with Crippen molar-refractivity contribution in [2.75, 3.05) is 52.5 Å². The lowest BCUT2D eigenvalue weighted by Gasteiger charge is -2.43. The van der Waals surface area contributed by atoms with E-state index in [1.807, 2.05) is 9.80 Å². The number of aromatic nitrogens is 2. The summed E-state index contributed by atoms with van der Waals surface area (Å²) in [6.07, 6.45) is 8.61. The SMILES string of the molecule is O=C(c1cnccn1)N1CCC(N2CCCC(C(=O)N3CCOCC3)C2)CC1. The monoisotopic (exact) mass is 387 g/mol. The Morgan fingerprint density at radius 1 is 0.964 bits per heavy atom. The molecule has 152 valence electrons. The van der Waals surface area contributed by atoms with E-state index < -0.39 is 0 Å². The fourth-order valence-electron chi connectivity index (χ4n) is 4.59. The van der Waals surface area contributed by atoms with Crippen molar-refractivity contribution in [3.63, 3.8) is 0 Å². The van der Waals surface area contributed by atoms with Crippen molar-refractivity contribution in [3.05, 3.63) is 24.3 Å². The summed E-state index contributed by atoms with van der Waals surface area (Å²) >= 11 is 0. The number of piperidine rings is 2. The highest BCUT2D eigenvalue weighted by Gasteiger charge is 2.34. The maximum Gasteiger partial charge on any atom is 0.274 e. The van der Waals surface area contributed by atoms with Gasteiger partial charge in [0.05, 0.1) is 25.3 Å². The van der Waals surface area contributed by atoms with Crippen molar-refractivity contribution in [3.8, 4) is 0 Å². The van der Waals surface area contributed by atoms with Gasteiger partial charge in [0.15, 0.2) is 0 Å². The number of carbonyl (C=O) groups excluding carboxylic acids is 2. The molecule has 1 aromatic heterocycles. The van der Waals surface area contributed by atoms with E-state index in [1.54, 1.807) is 12.4 Å². The van der Waals surface area contributed by atoms with Gasteiger partial charge in [-0.25, -0.2) is 4.98 Å². The molecule has 1 unspecified atom stereocenters. The fourth-order valence-corrected chi connectivity index (χ4v) is 4.59. The first-order chi connectivity index (χ1) is 13.7. The third-order valence-electron chi connectivity index (χ3n) is 6.18. The van der Waals surface area contributed by atoms with E-state index in [1.165, 1.54) is 6.20 Å². The normalized spacial score (nSPS) is 24.9. The topological polar surface area (TPSA) is 78.9 Å². The summed E-state index contributed by atoms with van der Waals surface area (Å²) in [5.41, 5.74) is 0.412. The van der Waals surface area contributed by atoms with Crippen LogP contribution in [-0.4, -0.2) is 95.0 Å². The van der Waals surface area contributed by atoms with Gasteiger partial charge in [-0.05, 0) is 32.2 Å². The van der Waals surface area contributed by atoms with E-state index in [9.17, 15) is 9.59 Å². The Kier molecular flexibility index (Phi) is 6.17. The standard InChI is InChI=1S/C20H29N5O3/c26-19(24-10-12-28-13-11-24)16-2-1-7-25(15-16)17-3-8-23(9-4-17)20(27)18-14-21-5-6-22-18/h5-6,14,16-17H,1-4,7-13,15H2. The smallest absolute Gasteiger partial charge is 0.274 e. The van der Waals surface area contributed by atoms with Crippen molar-refractivity contribution in [2.45, 2.75) is 31.7 Å². The van der Waals surface area contributed by atoms with Gasteiger partial charge in [-0.1, -0.05) is 0 Å². The van der Waals surface area contributed by atoms with Crippen LogP contribution in [0.3, 0.4) is 0 Å². The molecule has 1 atom stereocenters. The third kappa shape index (κ3) is 4.33. The molecule has 0 aliphatic carbocycles. The Bertz CT molecular complexity index is 672. The summed E-state index contributed by atoms with van der Waals surface area (Å²) < 4.78 is 5.37. The summed E-state index contributed by atoms with van der Waals surface area (Å²) in [5, 5.41) is 0. The van der Waals surface area contributed by atoms with Gasteiger partial charge in [0, 0.05) is 51.2 Å². The predicted molar refractivity (Wildman–Crippen MR) is 103 cm³/mol. The predicted octanol–water partition coefficient (Wildman–Crippen LogP) is 0.652. The number of amides is 2. The minimum atomic E-state index is -0.0365. The minimum absolute atomic E-state index is 0.0365. The first-order valence-electron chi connectivity index (χ1n) is 10.4. The molecule has 0 N–H and O–H groups in total. The number of hydrogen-bond donors (Lipinski definition) is 0. The first kappa shape index (κ1) is 19.3. The molecular formula is C20H29N5O3. The Hall–Kier alpha value is -2.06. The Morgan fingerprint density at radius 3 is 2.46 bits per heavy atom. The van der Waals surface area contributed by atoms with Gasteiger partial charge in [0.2, 0.25) is 5.91 Å². The molecule has 8 heteroatoms. The molecule has 0 bridgehead atoms. The molecule has 3 aliphatic heterocycles. The van der Waals surface area contributed by atoms with Gasteiger partial charge in [-0.2, -0.15) is 0 Å². The van der Waals surface area contributed by atoms with E-state index >= 15 is 0 Å². The van der Waals surface area contributed by atoms with Crippen molar-refractivity contribution in [1.29, 1.82) is 0 Å². The summed E-state index contributed by atoms with van der Waals surface area (Å²) in [6.45, 7) is 6.11. The average Bonchev–Trinajstić information content (AvgIpc) is 2.79. The molecule has 4 rings (SSSR count). The van der Waals surface area contributed by atoms with Crippen LogP contribution in [0, 0.1) is 5.92 Å². The highest BCUT2D eigenvalue weighted by molar-refractivity contribution is 5.92. The van der Waals surface area contributed by atoms with E-state index in [4.69, 9.17) is 4.74 Å². The van der Waals surface area contributed by atoms with Gasteiger partial charge in [0.1, 0.15) is 5.69 Å². The molecule has 2 amide bonds. The number of likely N-dealkylation sites (tertiary alicyclic amines) is 2. The molecule has 28 heavy (non-hydrogen) atoms. The highest BCUT2D eigenvalue weighted by atomic mass is 16.5. The molecular weight excluding hydrogens is 358 g/mol. The Morgan fingerprint density at radius 2 is 1.75 bits per heavy atom. The molecule has 8 nitrogen and oxygen atoms in total. The van der Waals surface area contributed by atoms with Crippen LogP contribution in [0.25, 0.3) is 0 Å². The Balaban J connectivity index is 1.29. The lowest BCUT2D eigenvalue weighted by atomic mass is 9.92. The van der Waals surface area contributed by atoms with Gasteiger partial charge in [-0.3, -0.25) is 19.5 Å². The second-order valence-electron chi connectivity index (χ2n) is 7.89. The van der Waals surface area contributed by atoms with Crippen molar-refractivity contribution >= 4 is 11.8 Å². The third-order valence-corrected chi connectivity index (χ3v) is 6.18. The van der Waals surface area contributed by atoms with Crippen LogP contribution in [0.15, 0.2) is 18.6 Å². The quantitative estimate of drug-likeness (QED) is 0.758. The average molecular weight is 387 g/mol. The van der Waals surface area contributed by atoms with Crippen molar-refractivity contribution in [1.82, 2.24) is 24.7 Å². The molecule has 0 spiro atoms. The molecule has 3 aliphatic rings. The molecule has 0 radical (unpaired) electrons. The van der Waals surface area contributed by atoms with Gasteiger partial charge >= 0.3 is 0 Å². The summed E-state index contributed by atoms with van der Waals surface area (Å²) in [5.74, 6) is 0.361. The minimum Gasteiger partial charge on any atom is -0.378 e. The van der Waals surface area contributed by atoms with Crippen LogP contribution in [0.2, 0.25) is 0 Å². The zero-order chi connectivity index (χ0) is 19.3. The number of carbonyl (C=O) groups is 2. The number of rotatable bonds is 3. The molecule has 3 saturated heterocycles. The van der Waals surface area contributed by atoms with Gasteiger partial charge < -0.3 is 14.5 Å². The van der Waals surface area contributed by atoms with Gasteiger partial charge in [0.25, 0.3) is 5.91 Å². The number of morpholine rings is 1. The largest absolute Gasteiger partial charge is 0.378 e. The van der Waals surface area contributed by atoms with Crippen molar-refractivity contribution in [2.24, 2.45) is 5.92 Å². The second-order valence-corrected chi connectivity index (χ2v) is 7.89. The maximum absolute atomic E-state index is 12.9. The van der Waals surface area contributed by atoms with E-state index in [0.717, 1.165) is 65.0 Å². The molecule has 4 heterocycles. The number of ether oxygens (including phenoxy) is 1. The van der Waals surface area contributed by atoms with Crippen LogP contribution in [0.1, 0.15) is 36.2 Å². The summed E-state index contributed by atoms with van der Waals surface area (Å²) in [6, 6.07) is 0.450. The summed E-state index contributed by atoms with van der Waals surface area (Å²) in [4.78, 5) is 39.8. The molecule has 0 saturated carbocycles. The molecule has 0 aromatic carbocycles. The lowest BCUT2D eigenvalue weighted by Crippen LogP contribution is -2.53. The fraction of sp³-hybridized carbons (Fsp3) is 0.700. The molecule has 3 fully saturated rings. The van der Waals surface area contributed by atoms with E-state index in [2.05, 4.69) is 14.9 Å². The summed E-state index contributed by atoms with van der Waals surface area (Å²) in [7, 11) is 0. The molecule has 1 aromatic rings. The zero-order valence-corrected chi connectivity index (χ0v) is 16.3. The van der Waals surface area contributed by atoms with Crippen LogP contribution in [0.4, 0.5) is 0 Å². The number of nitrogens with zero attached hydrogens (tertiary/aromatic N) is 5. The number of hydrogen-bond acceptors (Lipinski definition) is 6. The highest BCUT2D eigenvalue weighted by Crippen LogP contribution is 2.25. The van der Waals surface area contributed by atoms with E-state index in [0.29, 0.717) is 30.9 Å². The van der Waals surface area contributed by atoms with Gasteiger partial charge in [-0.15, -0.1) is 0 Å². The maximum atomic E-state index is 12.9. The van der Waals surface area contributed by atoms with Crippen LogP contribution < -0.4 is 0 Å². The van der Waals surface area contributed by atoms with Crippen LogP contribution in [-0.2, 0) is 9.53 Å². The second kappa shape index (κ2) is 8.96. The van der Waals surface area contributed by atoms with E-state index in [-0.39, 0.29) is 11.8 Å². The Labute approximate surface area is 165 Å². The van der Waals surface area contributed by atoms with Crippen LogP contribution >= 0.6 is 0 Å². The first-order valence-corrected chi connectivity index (χ1v) is 10.4.